The van der Waals surface area contributed by atoms with E-state index in [0.717, 1.165) is 42.3 Å². The molecule has 1 saturated heterocycles. The molecule has 0 radical (unpaired) electrons. The van der Waals surface area contributed by atoms with Crippen LogP contribution in [0, 0.1) is 0 Å². The molecule has 1 aromatic rings. The Morgan fingerprint density at radius 1 is 1.40 bits per heavy atom. The molecule has 1 aliphatic heterocycles. The highest BCUT2D eigenvalue weighted by Crippen LogP contribution is 2.26. The van der Waals surface area contributed by atoms with Crippen molar-refractivity contribution in [2.75, 3.05) is 24.5 Å². The van der Waals surface area contributed by atoms with E-state index in [0.29, 0.717) is 6.54 Å². The third-order valence-corrected chi connectivity index (χ3v) is 4.56. The molecule has 1 aliphatic carbocycles. The number of hydrogen-bond donors (Lipinski definition) is 2. The van der Waals surface area contributed by atoms with Crippen LogP contribution in [0.3, 0.4) is 0 Å². The molecule has 2 fully saturated rings. The summed E-state index contributed by atoms with van der Waals surface area (Å²) in [5.41, 5.74) is 2.39. The fourth-order valence-electron chi connectivity index (χ4n) is 2.44. The second-order valence-electron chi connectivity index (χ2n) is 5.56. The summed E-state index contributed by atoms with van der Waals surface area (Å²) in [7, 11) is 0. The first-order valence-corrected chi connectivity index (χ1v) is 8.05. The minimum atomic E-state index is 0.109. The van der Waals surface area contributed by atoms with Gasteiger partial charge in [-0.15, -0.1) is 0 Å². The van der Waals surface area contributed by atoms with E-state index in [1.807, 2.05) is 0 Å². The van der Waals surface area contributed by atoms with Crippen LogP contribution in [0.4, 0.5) is 5.69 Å². The maximum Gasteiger partial charge on any atom is 0.239 e. The molecule has 20 heavy (non-hydrogen) atoms. The van der Waals surface area contributed by atoms with Crippen LogP contribution in [0.1, 0.15) is 24.8 Å². The number of nitrogens with one attached hydrogen (secondary N) is 2. The van der Waals surface area contributed by atoms with Gasteiger partial charge in [-0.3, -0.25) is 4.79 Å². The van der Waals surface area contributed by atoms with Crippen molar-refractivity contribution in [1.82, 2.24) is 10.6 Å². The number of benzene rings is 1. The van der Waals surface area contributed by atoms with E-state index in [1.54, 1.807) is 0 Å². The number of carbonyl (C=O) groups is 1. The van der Waals surface area contributed by atoms with Gasteiger partial charge >= 0.3 is 0 Å². The molecule has 0 bridgehead atoms. The lowest BCUT2D eigenvalue weighted by atomic mass is 10.2. The molecule has 1 amide bonds. The van der Waals surface area contributed by atoms with Crippen LogP contribution in [-0.2, 0) is 11.3 Å². The van der Waals surface area contributed by atoms with E-state index in [2.05, 4.69) is 49.7 Å². The molecule has 108 valence electrons. The van der Waals surface area contributed by atoms with E-state index in [-0.39, 0.29) is 5.91 Å². The van der Waals surface area contributed by atoms with Gasteiger partial charge in [0.15, 0.2) is 0 Å². The molecule has 0 spiro atoms. The Morgan fingerprint density at radius 3 is 3.00 bits per heavy atom. The second kappa shape index (κ2) is 6.14. The van der Waals surface area contributed by atoms with Gasteiger partial charge in [0, 0.05) is 35.8 Å². The van der Waals surface area contributed by atoms with Gasteiger partial charge in [0.25, 0.3) is 0 Å². The zero-order valence-electron chi connectivity index (χ0n) is 11.5. The van der Waals surface area contributed by atoms with Crippen molar-refractivity contribution in [1.29, 1.82) is 0 Å². The van der Waals surface area contributed by atoms with E-state index < -0.39 is 0 Å². The topological polar surface area (TPSA) is 44.4 Å². The van der Waals surface area contributed by atoms with E-state index in [1.165, 1.54) is 18.4 Å². The fourth-order valence-corrected chi connectivity index (χ4v) is 2.95. The molecule has 2 aliphatic rings. The monoisotopic (exact) mass is 337 g/mol. The Morgan fingerprint density at radius 2 is 2.25 bits per heavy atom. The first-order valence-electron chi connectivity index (χ1n) is 7.26. The first kappa shape index (κ1) is 13.9. The Balaban J connectivity index is 1.69. The average Bonchev–Trinajstić information content (AvgIpc) is 3.25. The van der Waals surface area contributed by atoms with Crippen molar-refractivity contribution in [3.63, 3.8) is 0 Å². The number of rotatable bonds is 4. The molecule has 0 aromatic heterocycles. The molecule has 1 heterocycles. The molecular weight excluding hydrogens is 318 g/mol. The smallest absolute Gasteiger partial charge is 0.239 e. The SMILES string of the molecule is O=C1CN(c2ccc(CNC3CC3)c(Br)c2)CCCN1. The second-order valence-corrected chi connectivity index (χ2v) is 6.41. The number of hydrogen-bond acceptors (Lipinski definition) is 3. The van der Waals surface area contributed by atoms with Gasteiger partial charge in [0.2, 0.25) is 5.91 Å². The van der Waals surface area contributed by atoms with Crippen LogP contribution >= 0.6 is 15.9 Å². The zero-order chi connectivity index (χ0) is 13.9. The predicted octanol–water partition coefficient (Wildman–Crippen LogP) is 2.03. The fraction of sp³-hybridized carbons (Fsp3) is 0.533. The van der Waals surface area contributed by atoms with Crippen molar-refractivity contribution in [3.8, 4) is 0 Å². The minimum absolute atomic E-state index is 0.109. The highest BCUT2D eigenvalue weighted by atomic mass is 79.9. The average molecular weight is 338 g/mol. The van der Waals surface area contributed by atoms with Crippen molar-refractivity contribution in [3.05, 3.63) is 28.2 Å². The Labute approximate surface area is 128 Å². The molecule has 2 N–H and O–H groups in total. The van der Waals surface area contributed by atoms with Gasteiger partial charge in [0.1, 0.15) is 0 Å². The van der Waals surface area contributed by atoms with Crippen LogP contribution in [0.2, 0.25) is 0 Å². The predicted molar refractivity (Wildman–Crippen MR) is 83.8 cm³/mol. The Kier molecular flexibility index (Phi) is 4.27. The van der Waals surface area contributed by atoms with Crippen LogP contribution in [-0.4, -0.2) is 31.6 Å². The van der Waals surface area contributed by atoms with Gasteiger partial charge in [-0.05, 0) is 37.0 Å². The Bertz CT molecular complexity index is 502. The number of nitrogens with zero attached hydrogens (tertiary/aromatic N) is 1. The quantitative estimate of drug-likeness (QED) is 0.883. The third kappa shape index (κ3) is 3.52. The molecule has 1 aromatic carbocycles. The van der Waals surface area contributed by atoms with Crippen LogP contribution in [0.25, 0.3) is 0 Å². The summed E-state index contributed by atoms with van der Waals surface area (Å²) in [5, 5.41) is 6.43. The Hall–Kier alpha value is -1.07. The molecule has 3 rings (SSSR count). The largest absolute Gasteiger partial charge is 0.362 e. The van der Waals surface area contributed by atoms with Crippen molar-refractivity contribution in [2.45, 2.75) is 31.8 Å². The lowest BCUT2D eigenvalue weighted by Crippen LogP contribution is -2.33. The van der Waals surface area contributed by atoms with E-state index in [9.17, 15) is 4.79 Å². The van der Waals surface area contributed by atoms with Crippen molar-refractivity contribution >= 4 is 27.5 Å². The molecule has 0 unspecified atom stereocenters. The summed E-state index contributed by atoms with van der Waals surface area (Å²) in [5.74, 6) is 0.109. The summed E-state index contributed by atoms with van der Waals surface area (Å²) >= 11 is 3.65. The maximum absolute atomic E-state index is 11.6. The minimum Gasteiger partial charge on any atom is -0.362 e. The van der Waals surface area contributed by atoms with E-state index >= 15 is 0 Å². The van der Waals surface area contributed by atoms with Crippen LogP contribution < -0.4 is 15.5 Å². The third-order valence-electron chi connectivity index (χ3n) is 3.82. The summed E-state index contributed by atoms with van der Waals surface area (Å²) < 4.78 is 1.12. The summed E-state index contributed by atoms with van der Waals surface area (Å²) in [6, 6.07) is 7.11. The zero-order valence-corrected chi connectivity index (χ0v) is 13.1. The summed E-state index contributed by atoms with van der Waals surface area (Å²) in [4.78, 5) is 13.8. The van der Waals surface area contributed by atoms with Gasteiger partial charge < -0.3 is 15.5 Å². The van der Waals surface area contributed by atoms with Crippen molar-refractivity contribution in [2.24, 2.45) is 0 Å². The van der Waals surface area contributed by atoms with Crippen molar-refractivity contribution < 1.29 is 4.79 Å². The highest BCUT2D eigenvalue weighted by molar-refractivity contribution is 9.10. The van der Waals surface area contributed by atoms with Gasteiger partial charge in [-0.25, -0.2) is 0 Å². The molecule has 0 atom stereocenters. The van der Waals surface area contributed by atoms with Gasteiger partial charge in [-0.2, -0.15) is 0 Å². The maximum atomic E-state index is 11.6. The normalized spacial score (nSPS) is 19.6. The molecule has 1 saturated carbocycles. The number of amides is 1. The number of anilines is 1. The lowest BCUT2D eigenvalue weighted by molar-refractivity contribution is -0.119. The standard InChI is InChI=1S/C15H20BrN3O/c16-14-8-13(19-7-1-6-17-15(20)10-19)5-2-11(14)9-18-12-3-4-12/h2,5,8,12,18H,1,3-4,6-7,9-10H2,(H,17,20). The lowest BCUT2D eigenvalue weighted by Gasteiger charge is -2.22. The summed E-state index contributed by atoms with van der Waals surface area (Å²) in [6.07, 6.45) is 3.60. The number of carbonyl (C=O) groups excluding carboxylic acids is 1. The first-order chi connectivity index (χ1) is 9.72. The van der Waals surface area contributed by atoms with Crippen LogP contribution in [0.15, 0.2) is 22.7 Å². The highest BCUT2D eigenvalue weighted by Gasteiger charge is 2.20. The number of halogens is 1. The molecule has 4 nitrogen and oxygen atoms in total. The van der Waals surface area contributed by atoms with Gasteiger partial charge in [-0.1, -0.05) is 22.0 Å². The summed E-state index contributed by atoms with van der Waals surface area (Å²) in [6.45, 7) is 3.06. The molecule has 5 heteroatoms. The van der Waals surface area contributed by atoms with Gasteiger partial charge in [0.05, 0.1) is 6.54 Å². The van der Waals surface area contributed by atoms with Crippen LogP contribution in [0.5, 0.6) is 0 Å². The van der Waals surface area contributed by atoms with E-state index in [4.69, 9.17) is 0 Å². The molecular formula is C15H20BrN3O.